The zero-order valence-electron chi connectivity index (χ0n) is 17.2. The smallest absolute Gasteiger partial charge is 0.407 e. The van der Waals surface area contributed by atoms with Crippen molar-refractivity contribution in [1.29, 1.82) is 0 Å². The van der Waals surface area contributed by atoms with Crippen LogP contribution < -0.4 is 10.1 Å². The van der Waals surface area contributed by atoms with Crippen molar-refractivity contribution < 1.29 is 34.0 Å². The Morgan fingerprint density at radius 3 is 2.64 bits per heavy atom. The van der Waals surface area contributed by atoms with Crippen molar-refractivity contribution >= 4 is 6.09 Å². The first-order valence-corrected chi connectivity index (χ1v) is 9.35. The lowest BCUT2D eigenvalue weighted by Crippen LogP contribution is -2.42. The molecule has 3 N–H and O–H groups in total. The molecule has 1 heterocycles. The molecule has 1 aliphatic heterocycles. The predicted octanol–water partition coefficient (Wildman–Crippen LogP) is 2.61. The molecule has 0 saturated carbocycles. The Hall–Kier alpha value is -1.87. The van der Waals surface area contributed by atoms with E-state index >= 15 is 0 Å². The van der Waals surface area contributed by atoms with Crippen molar-refractivity contribution in [3.05, 3.63) is 29.3 Å². The molecule has 2 rings (SSSR count). The average molecular weight is 397 g/mol. The van der Waals surface area contributed by atoms with Crippen LogP contribution in [0.25, 0.3) is 0 Å². The second kappa shape index (κ2) is 9.09. The van der Waals surface area contributed by atoms with Gasteiger partial charge in [0.1, 0.15) is 17.5 Å². The SMILES string of the molecule is COc1ccc(C(O)OC(C)(O)C2CCCO2)cc1CNC(=O)OC(C)(C)C. The summed E-state index contributed by atoms with van der Waals surface area (Å²) in [4.78, 5) is 11.9. The van der Waals surface area contributed by atoms with Gasteiger partial charge in [0, 0.05) is 24.3 Å². The van der Waals surface area contributed by atoms with Crippen LogP contribution in [0.15, 0.2) is 18.2 Å². The minimum atomic E-state index is -1.62. The summed E-state index contributed by atoms with van der Waals surface area (Å²) >= 11 is 0. The Bertz CT molecular complexity index is 663. The summed E-state index contributed by atoms with van der Waals surface area (Å²) in [5, 5.41) is 23.6. The third-order valence-corrected chi connectivity index (χ3v) is 4.29. The highest BCUT2D eigenvalue weighted by Gasteiger charge is 2.38. The third kappa shape index (κ3) is 6.34. The number of methoxy groups -OCH3 is 1. The van der Waals surface area contributed by atoms with Gasteiger partial charge < -0.3 is 34.5 Å². The minimum Gasteiger partial charge on any atom is -0.496 e. The van der Waals surface area contributed by atoms with Gasteiger partial charge in [-0.2, -0.15) is 0 Å². The fourth-order valence-corrected chi connectivity index (χ4v) is 2.94. The van der Waals surface area contributed by atoms with Gasteiger partial charge in [-0.15, -0.1) is 0 Å². The summed E-state index contributed by atoms with van der Waals surface area (Å²) in [5.74, 6) is -1.08. The molecule has 0 aliphatic carbocycles. The summed E-state index contributed by atoms with van der Waals surface area (Å²) in [6.45, 7) is 7.51. The van der Waals surface area contributed by atoms with Crippen LogP contribution in [0.3, 0.4) is 0 Å². The van der Waals surface area contributed by atoms with E-state index in [1.807, 2.05) is 0 Å². The van der Waals surface area contributed by atoms with E-state index in [2.05, 4.69) is 5.32 Å². The Kier molecular flexibility index (Phi) is 7.28. The van der Waals surface area contributed by atoms with E-state index in [0.29, 0.717) is 29.9 Å². The molecule has 28 heavy (non-hydrogen) atoms. The highest BCUT2D eigenvalue weighted by Crippen LogP contribution is 2.31. The molecule has 0 radical (unpaired) electrons. The number of alkyl carbamates (subject to hydrolysis) is 1. The molecule has 1 saturated heterocycles. The van der Waals surface area contributed by atoms with Crippen molar-refractivity contribution in [1.82, 2.24) is 5.32 Å². The Morgan fingerprint density at radius 1 is 1.36 bits per heavy atom. The Balaban J connectivity index is 2.07. The third-order valence-electron chi connectivity index (χ3n) is 4.29. The largest absolute Gasteiger partial charge is 0.496 e. The van der Waals surface area contributed by atoms with E-state index < -0.39 is 29.9 Å². The van der Waals surface area contributed by atoms with Crippen LogP contribution in [-0.4, -0.2) is 47.5 Å². The predicted molar refractivity (Wildman–Crippen MR) is 102 cm³/mol. The first-order valence-electron chi connectivity index (χ1n) is 9.35. The number of hydrogen-bond donors (Lipinski definition) is 3. The summed E-state index contributed by atoms with van der Waals surface area (Å²) < 4.78 is 21.4. The highest BCUT2D eigenvalue weighted by molar-refractivity contribution is 5.67. The summed E-state index contributed by atoms with van der Waals surface area (Å²) in [6.07, 6.45) is -0.923. The number of aliphatic hydroxyl groups excluding tert-OH is 1. The molecular formula is C20H31NO7. The molecule has 3 atom stereocenters. The van der Waals surface area contributed by atoms with Crippen LogP contribution in [0.1, 0.15) is 58.0 Å². The van der Waals surface area contributed by atoms with Crippen LogP contribution in [0.5, 0.6) is 5.75 Å². The first-order chi connectivity index (χ1) is 13.0. The van der Waals surface area contributed by atoms with Gasteiger partial charge in [-0.3, -0.25) is 0 Å². The van der Waals surface area contributed by atoms with Gasteiger partial charge in [-0.1, -0.05) is 6.07 Å². The van der Waals surface area contributed by atoms with Gasteiger partial charge in [0.05, 0.1) is 7.11 Å². The molecule has 1 amide bonds. The van der Waals surface area contributed by atoms with Gasteiger partial charge in [0.15, 0.2) is 12.1 Å². The van der Waals surface area contributed by atoms with Crippen molar-refractivity contribution in [2.45, 2.75) is 70.9 Å². The maximum absolute atomic E-state index is 11.9. The Labute approximate surface area is 165 Å². The standard InChI is InChI=1S/C20H31NO7/c1-19(2,3)28-18(23)21-12-14-11-13(8-9-15(14)25-5)17(22)27-20(4,24)16-7-6-10-26-16/h8-9,11,16-17,22,24H,6-7,10,12H2,1-5H3,(H,21,23). The fraction of sp³-hybridized carbons (Fsp3) is 0.650. The minimum absolute atomic E-state index is 0.140. The quantitative estimate of drug-likeness (QED) is 0.607. The maximum atomic E-state index is 11.9. The van der Waals surface area contributed by atoms with E-state index in [0.717, 1.165) is 6.42 Å². The molecular weight excluding hydrogens is 366 g/mol. The zero-order valence-corrected chi connectivity index (χ0v) is 17.2. The lowest BCUT2D eigenvalue weighted by molar-refractivity contribution is -0.308. The second-order valence-electron chi connectivity index (χ2n) is 7.95. The number of carbonyl (C=O) groups is 1. The number of rotatable bonds is 7. The molecule has 1 aromatic rings. The van der Waals surface area contributed by atoms with Gasteiger partial charge in [-0.25, -0.2) is 4.79 Å². The number of hydrogen-bond acceptors (Lipinski definition) is 7. The lowest BCUT2D eigenvalue weighted by atomic mass is 10.1. The molecule has 0 spiro atoms. The number of carbonyl (C=O) groups excluding carboxylic acids is 1. The van der Waals surface area contributed by atoms with Gasteiger partial charge in [0.2, 0.25) is 0 Å². The monoisotopic (exact) mass is 397 g/mol. The molecule has 158 valence electrons. The van der Waals surface area contributed by atoms with Crippen molar-refractivity contribution in [2.24, 2.45) is 0 Å². The number of benzene rings is 1. The zero-order chi connectivity index (χ0) is 20.9. The summed E-state index contributed by atoms with van der Waals surface area (Å²) in [5.41, 5.74) is 0.443. The second-order valence-corrected chi connectivity index (χ2v) is 7.95. The van der Waals surface area contributed by atoms with E-state index in [1.165, 1.54) is 14.0 Å². The normalized spacial score (nSPS) is 20.3. The number of ether oxygens (including phenoxy) is 4. The number of nitrogens with one attached hydrogen (secondary N) is 1. The van der Waals surface area contributed by atoms with E-state index in [1.54, 1.807) is 39.0 Å². The molecule has 1 aromatic carbocycles. The molecule has 0 bridgehead atoms. The topological polar surface area (TPSA) is 106 Å². The molecule has 1 fully saturated rings. The highest BCUT2D eigenvalue weighted by atomic mass is 16.7. The molecule has 3 unspecified atom stereocenters. The summed E-state index contributed by atoms with van der Waals surface area (Å²) in [7, 11) is 1.52. The van der Waals surface area contributed by atoms with E-state index in [9.17, 15) is 15.0 Å². The molecule has 8 heteroatoms. The van der Waals surface area contributed by atoms with Crippen LogP contribution in [0, 0.1) is 0 Å². The van der Waals surface area contributed by atoms with Crippen molar-refractivity contribution in [3.8, 4) is 5.75 Å². The molecule has 8 nitrogen and oxygen atoms in total. The van der Waals surface area contributed by atoms with Crippen molar-refractivity contribution in [2.75, 3.05) is 13.7 Å². The van der Waals surface area contributed by atoms with Gasteiger partial charge in [0.25, 0.3) is 0 Å². The number of aliphatic hydroxyl groups is 2. The van der Waals surface area contributed by atoms with Crippen molar-refractivity contribution in [3.63, 3.8) is 0 Å². The molecule has 1 aliphatic rings. The average Bonchev–Trinajstić information content (AvgIpc) is 3.13. The van der Waals surface area contributed by atoms with Crippen LogP contribution in [0.4, 0.5) is 4.79 Å². The van der Waals surface area contributed by atoms with Crippen LogP contribution >= 0.6 is 0 Å². The maximum Gasteiger partial charge on any atom is 0.407 e. The van der Waals surface area contributed by atoms with Crippen LogP contribution in [-0.2, 0) is 20.8 Å². The molecule has 0 aromatic heterocycles. The van der Waals surface area contributed by atoms with Gasteiger partial charge in [-0.05, 0) is 52.7 Å². The fourth-order valence-electron chi connectivity index (χ4n) is 2.94. The first kappa shape index (κ1) is 22.4. The Morgan fingerprint density at radius 2 is 2.07 bits per heavy atom. The van der Waals surface area contributed by atoms with E-state index in [4.69, 9.17) is 18.9 Å². The lowest BCUT2D eigenvalue weighted by Gasteiger charge is -2.31. The summed E-state index contributed by atoms with van der Waals surface area (Å²) in [6, 6.07) is 4.94. The van der Waals surface area contributed by atoms with Gasteiger partial charge >= 0.3 is 6.09 Å². The van der Waals surface area contributed by atoms with Crippen LogP contribution in [0.2, 0.25) is 0 Å². The number of amides is 1. The van der Waals surface area contributed by atoms with E-state index in [-0.39, 0.29) is 6.54 Å².